The zero-order chi connectivity index (χ0) is 20.2. The van der Waals surface area contributed by atoms with E-state index in [1.807, 2.05) is 50.2 Å². The van der Waals surface area contributed by atoms with E-state index >= 15 is 0 Å². The Hall–Kier alpha value is -3.28. The topological polar surface area (TPSA) is 62.6 Å². The molecule has 1 aromatic heterocycles. The first-order valence-corrected chi connectivity index (χ1v) is 9.78. The molecule has 0 saturated heterocycles. The molecule has 0 radical (unpaired) electrons. The number of ether oxygens (including phenoxy) is 3. The van der Waals surface area contributed by atoms with E-state index in [-0.39, 0.29) is 5.56 Å². The minimum Gasteiger partial charge on any atom is -0.491 e. The number of benzene rings is 2. The second-order valence-corrected chi connectivity index (χ2v) is 7.11. The zero-order valence-corrected chi connectivity index (χ0v) is 16.7. The molecule has 0 amide bonds. The fourth-order valence-corrected chi connectivity index (χ4v) is 3.19. The molecule has 1 aliphatic heterocycles. The van der Waals surface area contributed by atoms with Gasteiger partial charge in [-0.15, -0.1) is 0 Å². The van der Waals surface area contributed by atoms with Crippen molar-refractivity contribution in [3.05, 3.63) is 70.0 Å². The monoisotopic (exact) mass is 392 g/mol. The predicted molar refractivity (Wildman–Crippen MR) is 111 cm³/mol. The van der Waals surface area contributed by atoms with Crippen LogP contribution in [0.3, 0.4) is 0 Å². The van der Waals surface area contributed by atoms with Crippen LogP contribution in [0.25, 0.3) is 11.3 Å². The van der Waals surface area contributed by atoms with Crippen molar-refractivity contribution < 1.29 is 14.2 Å². The van der Waals surface area contributed by atoms with E-state index in [0.29, 0.717) is 37.8 Å². The third-order valence-electron chi connectivity index (χ3n) is 4.81. The van der Waals surface area contributed by atoms with Gasteiger partial charge in [-0.05, 0) is 55.3 Å². The molecule has 4 rings (SSSR count). The Bertz CT molecular complexity index is 1070. The van der Waals surface area contributed by atoms with Crippen LogP contribution in [0.15, 0.2) is 53.3 Å². The first-order chi connectivity index (χ1) is 14.1. The van der Waals surface area contributed by atoms with Crippen molar-refractivity contribution in [1.29, 1.82) is 0 Å². The molecule has 1 aliphatic rings. The van der Waals surface area contributed by atoms with E-state index in [0.717, 1.165) is 34.6 Å². The molecular weight excluding hydrogens is 368 g/mol. The van der Waals surface area contributed by atoms with Crippen LogP contribution in [0, 0.1) is 13.8 Å². The fraction of sp³-hybridized carbons (Fsp3) is 0.304. The number of hydrogen-bond donors (Lipinski definition) is 0. The molecule has 2 aromatic carbocycles. The Morgan fingerprint density at radius 1 is 1.00 bits per heavy atom. The molecule has 150 valence electrons. The normalized spacial score (nSPS) is 13.0. The smallest absolute Gasteiger partial charge is 0.266 e. The second-order valence-electron chi connectivity index (χ2n) is 7.11. The van der Waals surface area contributed by atoms with Gasteiger partial charge in [-0.2, -0.15) is 5.10 Å². The molecule has 0 spiro atoms. The summed E-state index contributed by atoms with van der Waals surface area (Å²) in [7, 11) is 0. The Labute approximate surface area is 169 Å². The van der Waals surface area contributed by atoms with Gasteiger partial charge in [0.1, 0.15) is 12.4 Å². The van der Waals surface area contributed by atoms with E-state index in [9.17, 15) is 4.79 Å². The second kappa shape index (κ2) is 8.39. The van der Waals surface area contributed by atoms with Crippen molar-refractivity contribution in [2.75, 3.05) is 19.8 Å². The molecule has 0 fully saturated rings. The zero-order valence-electron chi connectivity index (χ0n) is 16.7. The van der Waals surface area contributed by atoms with Crippen molar-refractivity contribution >= 4 is 0 Å². The molecule has 6 heteroatoms. The summed E-state index contributed by atoms with van der Waals surface area (Å²) in [6.07, 6.45) is 0.855. The lowest BCUT2D eigenvalue weighted by Gasteiger charge is -2.12. The standard InChI is InChI=1S/C23H24N2O4/c1-16-4-5-17(2)21(14-16)29-13-10-25-23(26)9-7-19(24-25)18-6-8-20-22(15-18)28-12-3-11-27-20/h4-9,14-15H,3,10-13H2,1-2H3. The lowest BCUT2D eigenvalue weighted by atomic mass is 10.1. The lowest BCUT2D eigenvalue weighted by Crippen LogP contribution is -2.25. The molecule has 0 bridgehead atoms. The molecule has 29 heavy (non-hydrogen) atoms. The maximum atomic E-state index is 12.2. The summed E-state index contributed by atoms with van der Waals surface area (Å²) in [6, 6.07) is 15.1. The Morgan fingerprint density at radius 2 is 1.83 bits per heavy atom. The van der Waals surface area contributed by atoms with Crippen LogP contribution in [0.5, 0.6) is 17.2 Å². The Morgan fingerprint density at radius 3 is 2.69 bits per heavy atom. The highest BCUT2D eigenvalue weighted by molar-refractivity contribution is 5.63. The van der Waals surface area contributed by atoms with Crippen LogP contribution in [0.2, 0.25) is 0 Å². The summed E-state index contributed by atoms with van der Waals surface area (Å²) < 4.78 is 18.7. The Balaban J connectivity index is 1.51. The van der Waals surface area contributed by atoms with Crippen molar-refractivity contribution in [3.8, 4) is 28.5 Å². The average molecular weight is 392 g/mol. The van der Waals surface area contributed by atoms with Gasteiger partial charge in [0.15, 0.2) is 11.5 Å². The number of rotatable bonds is 5. The first-order valence-electron chi connectivity index (χ1n) is 9.78. The number of fused-ring (bicyclic) bond motifs is 1. The maximum Gasteiger partial charge on any atom is 0.266 e. The summed E-state index contributed by atoms with van der Waals surface area (Å²) in [5, 5.41) is 4.51. The summed E-state index contributed by atoms with van der Waals surface area (Å²) in [6.45, 7) is 6.03. The van der Waals surface area contributed by atoms with Gasteiger partial charge < -0.3 is 14.2 Å². The summed E-state index contributed by atoms with van der Waals surface area (Å²) >= 11 is 0. The van der Waals surface area contributed by atoms with Gasteiger partial charge in [-0.1, -0.05) is 12.1 Å². The average Bonchev–Trinajstić information content (AvgIpc) is 2.97. The fourth-order valence-electron chi connectivity index (χ4n) is 3.19. The first kappa shape index (κ1) is 19.1. The highest BCUT2D eigenvalue weighted by atomic mass is 16.5. The molecule has 2 heterocycles. The van der Waals surface area contributed by atoms with Crippen LogP contribution in [0.4, 0.5) is 0 Å². The summed E-state index contributed by atoms with van der Waals surface area (Å²) in [4.78, 5) is 12.2. The quantitative estimate of drug-likeness (QED) is 0.661. The van der Waals surface area contributed by atoms with Crippen LogP contribution in [-0.4, -0.2) is 29.6 Å². The van der Waals surface area contributed by atoms with E-state index in [2.05, 4.69) is 5.10 Å². The van der Waals surface area contributed by atoms with E-state index < -0.39 is 0 Å². The number of aromatic nitrogens is 2. The number of aryl methyl sites for hydroxylation is 2. The van der Waals surface area contributed by atoms with E-state index in [1.54, 1.807) is 6.07 Å². The van der Waals surface area contributed by atoms with Crippen molar-refractivity contribution in [1.82, 2.24) is 9.78 Å². The molecule has 0 unspecified atom stereocenters. The minimum absolute atomic E-state index is 0.160. The molecule has 6 nitrogen and oxygen atoms in total. The minimum atomic E-state index is -0.160. The van der Waals surface area contributed by atoms with Gasteiger partial charge in [0, 0.05) is 18.1 Å². The van der Waals surface area contributed by atoms with E-state index in [4.69, 9.17) is 14.2 Å². The van der Waals surface area contributed by atoms with Crippen LogP contribution < -0.4 is 19.8 Å². The predicted octanol–water partition coefficient (Wildman–Crippen LogP) is 3.77. The highest BCUT2D eigenvalue weighted by Gasteiger charge is 2.13. The van der Waals surface area contributed by atoms with Crippen molar-refractivity contribution in [2.24, 2.45) is 0 Å². The number of nitrogens with zero attached hydrogens (tertiary/aromatic N) is 2. The molecular formula is C23H24N2O4. The third-order valence-corrected chi connectivity index (χ3v) is 4.81. The largest absolute Gasteiger partial charge is 0.491 e. The van der Waals surface area contributed by atoms with Crippen LogP contribution >= 0.6 is 0 Å². The van der Waals surface area contributed by atoms with Gasteiger partial charge in [0.25, 0.3) is 5.56 Å². The van der Waals surface area contributed by atoms with Gasteiger partial charge >= 0.3 is 0 Å². The Kier molecular flexibility index (Phi) is 5.51. The molecule has 3 aromatic rings. The van der Waals surface area contributed by atoms with Crippen LogP contribution in [0.1, 0.15) is 17.5 Å². The van der Waals surface area contributed by atoms with Crippen molar-refractivity contribution in [3.63, 3.8) is 0 Å². The van der Waals surface area contributed by atoms with Gasteiger partial charge in [0.05, 0.1) is 25.5 Å². The van der Waals surface area contributed by atoms with Crippen molar-refractivity contribution in [2.45, 2.75) is 26.8 Å². The molecule has 0 N–H and O–H groups in total. The lowest BCUT2D eigenvalue weighted by molar-refractivity contribution is 0.286. The van der Waals surface area contributed by atoms with E-state index in [1.165, 1.54) is 10.7 Å². The summed E-state index contributed by atoms with van der Waals surface area (Å²) in [5.74, 6) is 2.27. The number of hydrogen-bond acceptors (Lipinski definition) is 5. The SMILES string of the molecule is Cc1ccc(C)c(OCCn2nc(-c3ccc4c(c3)OCCCO4)ccc2=O)c1. The van der Waals surface area contributed by atoms with Gasteiger partial charge in [-0.3, -0.25) is 4.79 Å². The summed E-state index contributed by atoms with van der Waals surface area (Å²) in [5.41, 5.74) is 3.62. The maximum absolute atomic E-state index is 12.2. The van der Waals surface area contributed by atoms with Crippen LogP contribution in [-0.2, 0) is 6.54 Å². The van der Waals surface area contributed by atoms with Gasteiger partial charge in [0.2, 0.25) is 0 Å². The van der Waals surface area contributed by atoms with Gasteiger partial charge in [-0.25, -0.2) is 4.68 Å². The third kappa shape index (κ3) is 4.42. The molecule has 0 aliphatic carbocycles. The molecule has 0 atom stereocenters. The highest BCUT2D eigenvalue weighted by Crippen LogP contribution is 2.33. The molecule has 0 saturated carbocycles.